The molecule has 0 amide bonds. The highest BCUT2D eigenvalue weighted by Crippen LogP contribution is 2.22. The number of ether oxygens (including phenoxy) is 1. The van der Waals surface area contributed by atoms with E-state index >= 15 is 0 Å². The van der Waals surface area contributed by atoms with Gasteiger partial charge >= 0.3 is 0 Å². The van der Waals surface area contributed by atoms with E-state index in [0.29, 0.717) is 11.3 Å². The second kappa shape index (κ2) is 4.64. The molecular formula is C14H16N2O2. The standard InChI is InChI=1S/C14H16N2O2/c1-9-10(2)15-16(11(9)3)13-5-6-14(18-4)12(7-13)8-17/h5-8H,1-4H3. The maximum atomic E-state index is 11.0. The maximum absolute atomic E-state index is 11.0. The Labute approximate surface area is 106 Å². The molecule has 4 nitrogen and oxygen atoms in total. The molecule has 0 atom stereocenters. The smallest absolute Gasteiger partial charge is 0.153 e. The SMILES string of the molecule is COc1ccc(-n2nc(C)c(C)c2C)cc1C=O. The van der Waals surface area contributed by atoms with Crippen molar-refractivity contribution in [3.05, 3.63) is 40.7 Å². The van der Waals surface area contributed by atoms with E-state index in [9.17, 15) is 4.79 Å². The molecule has 0 aliphatic rings. The van der Waals surface area contributed by atoms with Gasteiger partial charge in [0.05, 0.1) is 24.1 Å². The number of carbonyl (C=O) groups is 1. The van der Waals surface area contributed by atoms with E-state index in [1.165, 1.54) is 5.56 Å². The van der Waals surface area contributed by atoms with Gasteiger partial charge in [0, 0.05) is 5.69 Å². The molecule has 0 saturated carbocycles. The Morgan fingerprint density at radius 2 is 2.00 bits per heavy atom. The third-order valence-electron chi connectivity index (χ3n) is 3.24. The summed E-state index contributed by atoms with van der Waals surface area (Å²) in [5.74, 6) is 0.576. The molecule has 0 spiro atoms. The first-order valence-electron chi connectivity index (χ1n) is 5.75. The van der Waals surface area contributed by atoms with Gasteiger partial charge in [-0.15, -0.1) is 0 Å². The van der Waals surface area contributed by atoms with Crippen molar-refractivity contribution in [2.45, 2.75) is 20.8 Å². The fourth-order valence-corrected chi connectivity index (χ4v) is 1.92. The molecule has 0 aliphatic carbocycles. The van der Waals surface area contributed by atoms with Crippen molar-refractivity contribution >= 4 is 6.29 Å². The summed E-state index contributed by atoms with van der Waals surface area (Å²) in [6, 6.07) is 5.46. The van der Waals surface area contributed by atoms with Crippen molar-refractivity contribution in [3.8, 4) is 11.4 Å². The first kappa shape index (κ1) is 12.4. The molecule has 0 aliphatic heterocycles. The van der Waals surface area contributed by atoms with E-state index in [4.69, 9.17) is 4.74 Å². The van der Waals surface area contributed by atoms with Gasteiger partial charge < -0.3 is 4.74 Å². The van der Waals surface area contributed by atoms with E-state index in [1.54, 1.807) is 19.2 Å². The van der Waals surface area contributed by atoms with Crippen LogP contribution >= 0.6 is 0 Å². The lowest BCUT2D eigenvalue weighted by Crippen LogP contribution is -2.01. The molecule has 94 valence electrons. The molecule has 0 bridgehead atoms. The van der Waals surface area contributed by atoms with Crippen molar-refractivity contribution in [1.82, 2.24) is 9.78 Å². The summed E-state index contributed by atoms with van der Waals surface area (Å²) in [6.07, 6.45) is 0.793. The molecule has 1 aromatic carbocycles. The predicted molar refractivity (Wildman–Crippen MR) is 69.7 cm³/mol. The van der Waals surface area contributed by atoms with Gasteiger partial charge in [-0.3, -0.25) is 4.79 Å². The highest BCUT2D eigenvalue weighted by molar-refractivity contribution is 5.80. The summed E-state index contributed by atoms with van der Waals surface area (Å²) in [5.41, 5.74) is 4.63. The van der Waals surface area contributed by atoms with Gasteiger partial charge in [-0.2, -0.15) is 5.10 Å². The molecule has 18 heavy (non-hydrogen) atoms. The first-order valence-corrected chi connectivity index (χ1v) is 5.75. The van der Waals surface area contributed by atoms with E-state index in [1.807, 2.05) is 31.5 Å². The Hall–Kier alpha value is -2.10. The quantitative estimate of drug-likeness (QED) is 0.779. The number of benzene rings is 1. The number of hydrogen-bond acceptors (Lipinski definition) is 3. The van der Waals surface area contributed by atoms with Crippen LogP contribution in [0.15, 0.2) is 18.2 Å². The average Bonchev–Trinajstić information content (AvgIpc) is 2.65. The normalized spacial score (nSPS) is 10.4. The lowest BCUT2D eigenvalue weighted by molar-refractivity contribution is 0.112. The molecule has 0 unspecified atom stereocenters. The number of rotatable bonds is 3. The average molecular weight is 244 g/mol. The van der Waals surface area contributed by atoms with E-state index < -0.39 is 0 Å². The molecule has 1 aromatic heterocycles. The molecule has 2 rings (SSSR count). The van der Waals surface area contributed by atoms with Gasteiger partial charge in [0.2, 0.25) is 0 Å². The lowest BCUT2D eigenvalue weighted by Gasteiger charge is -2.08. The summed E-state index contributed by atoms with van der Waals surface area (Å²) < 4.78 is 6.97. The van der Waals surface area contributed by atoms with Crippen LogP contribution in [-0.4, -0.2) is 23.2 Å². The molecule has 0 N–H and O–H groups in total. The van der Waals surface area contributed by atoms with Crippen LogP contribution in [-0.2, 0) is 0 Å². The van der Waals surface area contributed by atoms with Gasteiger partial charge in [-0.05, 0) is 44.5 Å². The zero-order valence-corrected chi connectivity index (χ0v) is 11.0. The topological polar surface area (TPSA) is 44.1 Å². The minimum Gasteiger partial charge on any atom is -0.496 e. The summed E-state index contributed by atoms with van der Waals surface area (Å²) >= 11 is 0. The zero-order valence-electron chi connectivity index (χ0n) is 11.0. The summed E-state index contributed by atoms with van der Waals surface area (Å²) in [5, 5.41) is 4.47. The Balaban J connectivity index is 2.57. The summed E-state index contributed by atoms with van der Waals surface area (Å²) in [7, 11) is 1.55. The Morgan fingerprint density at radius 3 is 2.50 bits per heavy atom. The minimum atomic E-state index is 0.528. The highest BCUT2D eigenvalue weighted by Gasteiger charge is 2.11. The lowest BCUT2D eigenvalue weighted by atomic mass is 10.2. The van der Waals surface area contributed by atoms with Gasteiger partial charge in [0.25, 0.3) is 0 Å². The molecular weight excluding hydrogens is 228 g/mol. The van der Waals surface area contributed by atoms with Gasteiger partial charge in [-0.25, -0.2) is 4.68 Å². The second-order valence-electron chi connectivity index (χ2n) is 4.25. The van der Waals surface area contributed by atoms with E-state index in [0.717, 1.165) is 23.4 Å². The predicted octanol–water partition coefficient (Wildman–Crippen LogP) is 2.62. The first-order chi connectivity index (χ1) is 8.58. The van der Waals surface area contributed by atoms with Gasteiger partial charge in [0.15, 0.2) is 6.29 Å². The van der Waals surface area contributed by atoms with Gasteiger partial charge in [-0.1, -0.05) is 0 Å². The summed E-state index contributed by atoms with van der Waals surface area (Å²) in [4.78, 5) is 11.0. The van der Waals surface area contributed by atoms with Crippen molar-refractivity contribution in [1.29, 1.82) is 0 Å². The maximum Gasteiger partial charge on any atom is 0.153 e. The van der Waals surface area contributed by atoms with Crippen molar-refractivity contribution in [3.63, 3.8) is 0 Å². The molecule has 4 heteroatoms. The van der Waals surface area contributed by atoms with Crippen LogP contribution in [0, 0.1) is 20.8 Å². The van der Waals surface area contributed by atoms with Crippen molar-refractivity contribution in [2.75, 3.05) is 7.11 Å². The van der Waals surface area contributed by atoms with Crippen LogP contribution in [0.25, 0.3) is 5.69 Å². The van der Waals surface area contributed by atoms with Gasteiger partial charge in [0.1, 0.15) is 5.75 Å². The number of aldehydes is 1. The number of aryl methyl sites for hydroxylation is 1. The number of hydrogen-bond donors (Lipinski definition) is 0. The molecule has 0 radical (unpaired) electrons. The van der Waals surface area contributed by atoms with Crippen molar-refractivity contribution < 1.29 is 9.53 Å². The van der Waals surface area contributed by atoms with Crippen LogP contribution in [0.5, 0.6) is 5.75 Å². The molecule has 0 fully saturated rings. The number of methoxy groups -OCH3 is 1. The number of nitrogens with zero attached hydrogens (tertiary/aromatic N) is 2. The Bertz CT molecular complexity index is 600. The van der Waals surface area contributed by atoms with E-state index in [-0.39, 0.29) is 0 Å². The fourth-order valence-electron chi connectivity index (χ4n) is 1.92. The van der Waals surface area contributed by atoms with Crippen LogP contribution in [0.3, 0.4) is 0 Å². The van der Waals surface area contributed by atoms with Crippen LogP contribution < -0.4 is 4.74 Å². The minimum absolute atomic E-state index is 0.528. The molecule has 0 saturated heterocycles. The molecule has 1 heterocycles. The van der Waals surface area contributed by atoms with E-state index in [2.05, 4.69) is 5.10 Å². The zero-order chi connectivity index (χ0) is 13.3. The fraction of sp³-hybridized carbons (Fsp3) is 0.286. The monoisotopic (exact) mass is 244 g/mol. The largest absolute Gasteiger partial charge is 0.496 e. The number of carbonyl (C=O) groups excluding carboxylic acids is 1. The Kier molecular flexibility index (Phi) is 3.19. The second-order valence-corrected chi connectivity index (χ2v) is 4.25. The van der Waals surface area contributed by atoms with Crippen LogP contribution in [0.2, 0.25) is 0 Å². The third kappa shape index (κ3) is 1.90. The summed E-state index contributed by atoms with van der Waals surface area (Å²) in [6.45, 7) is 6.03. The van der Waals surface area contributed by atoms with Crippen molar-refractivity contribution in [2.24, 2.45) is 0 Å². The third-order valence-corrected chi connectivity index (χ3v) is 3.24. The molecule has 2 aromatic rings. The highest BCUT2D eigenvalue weighted by atomic mass is 16.5. The Morgan fingerprint density at radius 1 is 1.28 bits per heavy atom. The van der Waals surface area contributed by atoms with Crippen LogP contribution in [0.4, 0.5) is 0 Å². The van der Waals surface area contributed by atoms with Crippen LogP contribution in [0.1, 0.15) is 27.3 Å². The number of aromatic nitrogens is 2.